The molecule has 3 atom stereocenters. The highest BCUT2D eigenvalue weighted by Gasteiger charge is 2.46. The summed E-state index contributed by atoms with van der Waals surface area (Å²) in [5.74, 6) is 0.288. The first-order chi connectivity index (χ1) is 10.3. The fraction of sp³-hybridized carbons (Fsp3) is 0.467. The van der Waals surface area contributed by atoms with Gasteiger partial charge in [0.15, 0.2) is 5.76 Å². The van der Waals surface area contributed by atoms with E-state index in [-0.39, 0.29) is 11.9 Å². The van der Waals surface area contributed by atoms with Crippen LogP contribution in [-0.4, -0.2) is 33.9 Å². The Kier molecular flexibility index (Phi) is 3.27. The van der Waals surface area contributed by atoms with Crippen molar-refractivity contribution in [1.82, 2.24) is 15.2 Å². The first kappa shape index (κ1) is 13.0. The maximum Gasteiger partial charge on any atom is 0.287 e. The molecule has 2 saturated heterocycles. The predicted molar refractivity (Wildman–Crippen MR) is 79.0 cm³/mol. The largest absolute Gasteiger partial charge is 0.459 e. The number of nitrogens with zero attached hydrogens (tertiary/aromatic N) is 2. The van der Waals surface area contributed by atoms with Crippen molar-refractivity contribution >= 4 is 17.2 Å². The number of hydrogen-bond donors (Lipinski definition) is 1. The predicted octanol–water partition coefficient (Wildman–Crippen LogP) is 2.27. The van der Waals surface area contributed by atoms with E-state index in [2.05, 4.69) is 15.2 Å². The Morgan fingerprint density at radius 1 is 1.52 bits per heavy atom. The minimum absolute atomic E-state index is 0.105. The van der Waals surface area contributed by atoms with Gasteiger partial charge in [-0.2, -0.15) is 0 Å². The lowest BCUT2D eigenvalue weighted by atomic mass is 9.95. The molecule has 0 spiro atoms. The number of hydrogen-bond acceptors (Lipinski definition) is 5. The van der Waals surface area contributed by atoms with Crippen molar-refractivity contribution in [3.8, 4) is 0 Å². The number of amides is 1. The van der Waals surface area contributed by atoms with Crippen molar-refractivity contribution in [3.63, 3.8) is 0 Å². The van der Waals surface area contributed by atoms with Gasteiger partial charge in [-0.1, -0.05) is 0 Å². The fourth-order valence-electron chi connectivity index (χ4n) is 3.64. The highest BCUT2D eigenvalue weighted by atomic mass is 32.1. The summed E-state index contributed by atoms with van der Waals surface area (Å²) in [5, 5.41) is 6.31. The van der Waals surface area contributed by atoms with Crippen LogP contribution in [0.3, 0.4) is 0 Å². The van der Waals surface area contributed by atoms with E-state index in [9.17, 15) is 4.79 Å². The van der Waals surface area contributed by atoms with Crippen LogP contribution in [0.15, 0.2) is 34.4 Å². The van der Waals surface area contributed by atoms with Crippen LogP contribution in [0.2, 0.25) is 0 Å². The minimum atomic E-state index is -0.105. The molecule has 5 nitrogen and oxygen atoms in total. The highest BCUT2D eigenvalue weighted by molar-refractivity contribution is 7.09. The van der Waals surface area contributed by atoms with E-state index in [1.807, 2.05) is 11.6 Å². The summed E-state index contributed by atoms with van der Waals surface area (Å²) < 4.78 is 5.16. The standard InChI is InChI=1S/C15H17N3O2S/c19-15(13-2-1-6-20-13)17-11-8-10-3-4-12(11)18(10)9-14-16-5-7-21-14/h1-2,5-7,10-12H,3-4,8-9H2,(H,17,19)/t10-,11-,12-/m1/s1. The van der Waals surface area contributed by atoms with Crippen molar-refractivity contribution in [2.45, 2.75) is 43.9 Å². The van der Waals surface area contributed by atoms with Gasteiger partial charge in [-0.25, -0.2) is 4.98 Å². The van der Waals surface area contributed by atoms with E-state index in [4.69, 9.17) is 4.42 Å². The molecule has 0 saturated carbocycles. The van der Waals surface area contributed by atoms with Gasteiger partial charge >= 0.3 is 0 Å². The first-order valence-electron chi connectivity index (χ1n) is 7.30. The molecule has 0 aliphatic carbocycles. The molecule has 1 amide bonds. The SMILES string of the molecule is O=C(N[C@@H]1C[C@H]2CC[C@H]1N2Cc1nccs1)c1ccco1. The summed E-state index contributed by atoms with van der Waals surface area (Å²) >= 11 is 1.70. The summed E-state index contributed by atoms with van der Waals surface area (Å²) in [7, 11) is 0. The topological polar surface area (TPSA) is 58.4 Å². The second-order valence-corrected chi connectivity index (χ2v) is 6.67. The Bertz CT molecular complexity index is 611. The molecule has 1 N–H and O–H groups in total. The van der Waals surface area contributed by atoms with Gasteiger partial charge in [0, 0.05) is 29.7 Å². The highest BCUT2D eigenvalue weighted by Crippen LogP contribution is 2.39. The van der Waals surface area contributed by atoms with E-state index in [0.717, 1.165) is 24.4 Å². The molecule has 2 aliphatic heterocycles. The Labute approximate surface area is 127 Å². The maximum absolute atomic E-state index is 12.1. The number of carbonyl (C=O) groups excluding carboxylic acids is 1. The third kappa shape index (κ3) is 2.38. The second-order valence-electron chi connectivity index (χ2n) is 5.69. The molecule has 4 rings (SSSR count). The van der Waals surface area contributed by atoms with Crippen LogP contribution < -0.4 is 5.32 Å². The van der Waals surface area contributed by atoms with Crippen LogP contribution in [0.4, 0.5) is 0 Å². The number of aromatic nitrogens is 1. The van der Waals surface area contributed by atoms with Crippen LogP contribution in [0.25, 0.3) is 0 Å². The van der Waals surface area contributed by atoms with Crippen molar-refractivity contribution in [3.05, 3.63) is 40.7 Å². The van der Waals surface area contributed by atoms with Crippen molar-refractivity contribution in [1.29, 1.82) is 0 Å². The van der Waals surface area contributed by atoms with Gasteiger partial charge < -0.3 is 9.73 Å². The number of thiazole rings is 1. The lowest BCUT2D eigenvalue weighted by Crippen LogP contribution is -2.43. The molecule has 0 unspecified atom stereocenters. The molecule has 0 aromatic carbocycles. The average molecular weight is 303 g/mol. The van der Waals surface area contributed by atoms with E-state index in [1.165, 1.54) is 12.7 Å². The number of fused-ring (bicyclic) bond motifs is 2. The van der Waals surface area contributed by atoms with Gasteiger partial charge in [-0.3, -0.25) is 9.69 Å². The summed E-state index contributed by atoms with van der Waals surface area (Å²) in [6.45, 7) is 0.903. The molecule has 2 aliphatic rings. The Morgan fingerprint density at radius 3 is 3.24 bits per heavy atom. The molecule has 4 heterocycles. The second kappa shape index (κ2) is 5.27. The zero-order chi connectivity index (χ0) is 14.2. The van der Waals surface area contributed by atoms with Gasteiger partial charge in [0.2, 0.25) is 0 Å². The molecule has 110 valence electrons. The Hall–Kier alpha value is -1.66. The minimum Gasteiger partial charge on any atom is -0.459 e. The molecule has 2 bridgehead atoms. The number of rotatable bonds is 4. The molecule has 0 radical (unpaired) electrons. The normalized spacial score (nSPS) is 28.1. The fourth-order valence-corrected chi connectivity index (χ4v) is 4.26. The Morgan fingerprint density at radius 2 is 2.48 bits per heavy atom. The number of furan rings is 1. The van der Waals surface area contributed by atoms with Crippen molar-refractivity contribution in [2.75, 3.05) is 0 Å². The van der Waals surface area contributed by atoms with E-state index in [0.29, 0.717) is 17.8 Å². The van der Waals surface area contributed by atoms with Crippen LogP contribution in [0.1, 0.15) is 34.8 Å². The van der Waals surface area contributed by atoms with Crippen molar-refractivity contribution < 1.29 is 9.21 Å². The smallest absolute Gasteiger partial charge is 0.287 e. The summed E-state index contributed by atoms with van der Waals surface area (Å²) in [6, 6.07) is 4.67. The summed E-state index contributed by atoms with van der Waals surface area (Å²) in [4.78, 5) is 19.0. The molecule has 2 fully saturated rings. The monoisotopic (exact) mass is 303 g/mol. The third-order valence-electron chi connectivity index (χ3n) is 4.54. The molecule has 2 aromatic heterocycles. The number of nitrogens with one attached hydrogen (secondary N) is 1. The van der Waals surface area contributed by atoms with Gasteiger partial charge in [0.25, 0.3) is 5.91 Å². The average Bonchev–Trinajstić information content (AvgIpc) is 3.24. The van der Waals surface area contributed by atoms with E-state index in [1.54, 1.807) is 23.5 Å². The third-order valence-corrected chi connectivity index (χ3v) is 5.31. The van der Waals surface area contributed by atoms with E-state index < -0.39 is 0 Å². The zero-order valence-electron chi connectivity index (χ0n) is 11.6. The summed E-state index contributed by atoms with van der Waals surface area (Å²) in [5.41, 5.74) is 0. The van der Waals surface area contributed by atoms with Gasteiger partial charge in [0.1, 0.15) is 5.01 Å². The van der Waals surface area contributed by atoms with Crippen LogP contribution in [0.5, 0.6) is 0 Å². The molecule has 21 heavy (non-hydrogen) atoms. The lowest BCUT2D eigenvalue weighted by Gasteiger charge is -2.24. The molecule has 6 heteroatoms. The number of carbonyl (C=O) groups is 1. The zero-order valence-corrected chi connectivity index (χ0v) is 12.4. The van der Waals surface area contributed by atoms with Gasteiger partial charge in [-0.05, 0) is 31.4 Å². The Balaban J connectivity index is 1.43. The van der Waals surface area contributed by atoms with Gasteiger partial charge in [0.05, 0.1) is 12.8 Å². The van der Waals surface area contributed by atoms with E-state index >= 15 is 0 Å². The van der Waals surface area contributed by atoms with Gasteiger partial charge in [-0.15, -0.1) is 11.3 Å². The maximum atomic E-state index is 12.1. The van der Waals surface area contributed by atoms with Crippen molar-refractivity contribution in [2.24, 2.45) is 0 Å². The molecular formula is C15H17N3O2S. The van der Waals surface area contributed by atoms with Crippen LogP contribution in [0, 0.1) is 0 Å². The summed E-state index contributed by atoms with van der Waals surface area (Å²) in [6.07, 6.45) is 6.80. The van der Waals surface area contributed by atoms with Crippen LogP contribution >= 0.6 is 11.3 Å². The lowest BCUT2D eigenvalue weighted by molar-refractivity contribution is 0.0897. The molecule has 2 aromatic rings. The quantitative estimate of drug-likeness (QED) is 0.941. The molecular weight excluding hydrogens is 286 g/mol. The first-order valence-corrected chi connectivity index (χ1v) is 8.18. The van der Waals surface area contributed by atoms with Crippen LogP contribution in [-0.2, 0) is 6.54 Å².